The van der Waals surface area contributed by atoms with Gasteiger partial charge in [-0.15, -0.1) is 0 Å². The van der Waals surface area contributed by atoms with Crippen LogP contribution in [-0.2, 0) is 6.42 Å². The Hall–Kier alpha value is -3.27. The van der Waals surface area contributed by atoms with E-state index in [0.29, 0.717) is 0 Å². The number of carbonyl (C=O) groups is 1. The fraction of sp³-hybridized carbons (Fsp3) is 0.240. The molecule has 0 bridgehead atoms. The van der Waals surface area contributed by atoms with Gasteiger partial charge in [-0.05, 0) is 54.2 Å². The number of amides is 2. The standard InChI is InChI=1S/C25H26N2O2/c1-29-22-15-13-20(14-16-22)24-12-7-17-27(24)25(28)26-23-11-6-5-10-21(23)18-19-8-3-2-4-9-19/h2-6,8-11,13-16,24H,7,12,17-18H2,1H3,(H,26,28)/t24-/m0/s1. The SMILES string of the molecule is COc1ccc([C@@H]2CCCN2C(=O)Nc2ccccc2Cc2ccccc2)cc1. The number of methoxy groups -OCH3 is 1. The number of hydrogen-bond acceptors (Lipinski definition) is 2. The Kier molecular flexibility index (Phi) is 5.80. The zero-order valence-electron chi connectivity index (χ0n) is 16.7. The molecule has 148 valence electrons. The van der Waals surface area contributed by atoms with E-state index in [1.807, 2.05) is 53.4 Å². The van der Waals surface area contributed by atoms with Gasteiger partial charge in [0.2, 0.25) is 0 Å². The maximum absolute atomic E-state index is 13.1. The summed E-state index contributed by atoms with van der Waals surface area (Å²) in [5, 5.41) is 3.16. The number of likely N-dealkylation sites (tertiary alicyclic amines) is 1. The fourth-order valence-electron chi connectivity index (χ4n) is 3.98. The van der Waals surface area contributed by atoms with E-state index in [-0.39, 0.29) is 12.1 Å². The topological polar surface area (TPSA) is 41.6 Å². The molecule has 4 heteroatoms. The van der Waals surface area contributed by atoms with Crippen LogP contribution in [0.2, 0.25) is 0 Å². The second-order valence-electron chi connectivity index (χ2n) is 7.37. The van der Waals surface area contributed by atoms with Crippen molar-refractivity contribution in [3.05, 3.63) is 95.6 Å². The van der Waals surface area contributed by atoms with E-state index in [1.54, 1.807) is 7.11 Å². The minimum absolute atomic E-state index is 0.0381. The molecule has 0 spiro atoms. The van der Waals surface area contributed by atoms with Crippen LogP contribution in [0.4, 0.5) is 10.5 Å². The summed E-state index contributed by atoms with van der Waals surface area (Å²) in [6.07, 6.45) is 2.78. The Morgan fingerprint density at radius 2 is 1.72 bits per heavy atom. The van der Waals surface area contributed by atoms with E-state index in [1.165, 1.54) is 5.56 Å². The van der Waals surface area contributed by atoms with Crippen molar-refractivity contribution in [3.63, 3.8) is 0 Å². The number of hydrogen-bond donors (Lipinski definition) is 1. The molecule has 0 aromatic heterocycles. The lowest BCUT2D eigenvalue weighted by atomic mass is 10.0. The highest BCUT2D eigenvalue weighted by Crippen LogP contribution is 2.33. The summed E-state index contributed by atoms with van der Waals surface area (Å²) in [5.74, 6) is 0.831. The van der Waals surface area contributed by atoms with Gasteiger partial charge in [0, 0.05) is 12.2 Å². The Morgan fingerprint density at radius 3 is 2.48 bits per heavy atom. The average Bonchev–Trinajstić information content (AvgIpc) is 3.26. The molecule has 0 saturated carbocycles. The lowest BCUT2D eigenvalue weighted by molar-refractivity contribution is 0.207. The monoisotopic (exact) mass is 386 g/mol. The van der Waals surface area contributed by atoms with E-state index >= 15 is 0 Å². The molecular weight excluding hydrogens is 360 g/mol. The van der Waals surface area contributed by atoms with Gasteiger partial charge >= 0.3 is 6.03 Å². The molecule has 2 amide bonds. The third-order valence-corrected chi connectivity index (χ3v) is 5.51. The van der Waals surface area contributed by atoms with Crippen molar-refractivity contribution in [2.24, 2.45) is 0 Å². The van der Waals surface area contributed by atoms with Gasteiger partial charge in [-0.3, -0.25) is 0 Å². The second kappa shape index (κ2) is 8.82. The van der Waals surface area contributed by atoms with E-state index < -0.39 is 0 Å². The normalized spacial score (nSPS) is 15.9. The molecule has 1 N–H and O–H groups in total. The molecule has 1 heterocycles. The Morgan fingerprint density at radius 1 is 1.00 bits per heavy atom. The summed E-state index contributed by atoms with van der Waals surface area (Å²) in [4.78, 5) is 15.1. The highest BCUT2D eigenvalue weighted by atomic mass is 16.5. The van der Waals surface area contributed by atoms with E-state index in [0.717, 1.165) is 48.4 Å². The predicted molar refractivity (Wildman–Crippen MR) is 116 cm³/mol. The van der Waals surface area contributed by atoms with Crippen molar-refractivity contribution in [2.75, 3.05) is 19.0 Å². The molecular formula is C25H26N2O2. The zero-order valence-corrected chi connectivity index (χ0v) is 16.7. The lowest BCUT2D eigenvalue weighted by Gasteiger charge is -2.26. The predicted octanol–water partition coefficient (Wildman–Crippen LogP) is 5.66. The van der Waals surface area contributed by atoms with Gasteiger partial charge in [-0.1, -0.05) is 60.7 Å². The molecule has 1 aliphatic rings. The van der Waals surface area contributed by atoms with Crippen molar-refractivity contribution in [1.82, 2.24) is 4.90 Å². The van der Waals surface area contributed by atoms with Crippen LogP contribution in [0.5, 0.6) is 5.75 Å². The Labute approximate surface area is 172 Å². The van der Waals surface area contributed by atoms with Gasteiger partial charge in [0.05, 0.1) is 13.2 Å². The molecule has 1 atom stereocenters. The van der Waals surface area contributed by atoms with Crippen LogP contribution < -0.4 is 10.1 Å². The summed E-state index contributed by atoms with van der Waals surface area (Å²) >= 11 is 0. The molecule has 1 saturated heterocycles. The molecule has 1 aliphatic heterocycles. The van der Waals surface area contributed by atoms with Crippen molar-refractivity contribution < 1.29 is 9.53 Å². The van der Waals surface area contributed by atoms with Crippen LogP contribution in [-0.4, -0.2) is 24.6 Å². The highest BCUT2D eigenvalue weighted by molar-refractivity contribution is 5.90. The Balaban J connectivity index is 1.50. The first-order valence-corrected chi connectivity index (χ1v) is 10.1. The summed E-state index contributed by atoms with van der Waals surface area (Å²) in [5.41, 5.74) is 4.37. The van der Waals surface area contributed by atoms with Gasteiger partial charge in [0.1, 0.15) is 5.75 Å². The van der Waals surface area contributed by atoms with Crippen LogP contribution in [0, 0.1) is 0 Å². The van der Waals surface area contributed by atoms with Crippen molar-refractivity contribution in [1.29, 1.82) is 0 Å². The minimum Gasteiger partial charge on any atom is -0.497 e. The number of carbonyl (C=O) groups excluding carboxylic acids is 1. The van der Waals surface area contributed by atoms with Crippen LogP contribution in [0.1, 0.15) is 35.6 Å². The number of nitrogens with zero attached hydrogens (tertiary/aromatic N) is 1. The quantitative estimate of drug-likeness (QED) is 0.615. The average molecular weight is 386 g/mol. The maximum atomic E-state index is 13.1. The number of para-hydroxylation sites is 1. The number of ether oxygens (including phenoxy) is 1. The first-order valence-electron chi connectivity index (χ1n) is 10.1. The molecule has 0 unspecified atom stereocenters. The molecule has 1 fully saturated rings. The van der Waals surface area contributed by atoms with E-state index in [9.17, 15) is 4.79 Å². The van der Waals surface area contributed by atoms with Gasteiger partial charge in [-0.25, -0.2) is 4.79 Å². The third kappa shape index (κ3) is 4.43. The summed E-state index contributed by atoms with van der Waals surface area (Å²) < 4.78 is 5.25. The fourth-order valence-corrected chi connectivity index (χ4v) is 3.98. The van der Waals surface area contributed by atoms with Gasteiger partial charge in [0.25, 0.3) is 0 Å². The number of urea groups is 1. The first kappa shape index (κ1) is 19.1. The molecule has 0 radical (unpaired) electrons. The first-order chi connectivity index (χ1) is 14.2. The number of anilines is 1. The van der Waals surface area contributed by atoms with E-state index in [4.69, 9.17) is 4.74 Å². The van der Waals surface area contributed by atoms with Gasteiger partial charge < -0.3 is 15.0 Å². The van der Waals surface area contributed by atoms with Crippen molar-refractivity contribution in [3.8, 4) is 5.75 Å². The van der Waals surface area contributed by atoms with Crippen molar-refractivity contribution in [2.45, 2.75) is 25.3 Å². The zero-order chi connectivity index (χ0) is 20.1. The van der Waals surface area contributed by atoms with Crippen LogP contribution >= 0.6 is 0 Å². The molecule has 4 nitrogen and oxygen atoms in total. The third-order valence-electron chi connectivity index (χ3n) is 5.51. The van der Waals surface area contributed by atoms with Gasteiger partial charge in [0.15, 0.2) is 0 Å². The molecule has 0 aliphatic carbocycles. The molecule has 4 rings (SSSR count). The highest BCUT2D eigenvalue weighted by Gasteiger charge is 2.30. The molecule has 29 heavy (non-hydrogen) atoms. The van der Waals surface area contributed by atoms with Crippen LogP contribution in [0.3, 0.4) is 0 Å². The number of nitrogens with one attached hydrogen (secondary N) is 1. The minimum atomic E-state index is -0.0381. The van der Waals surface area contributed by atoms with Crippen LogP contribution in [0.15, 0.2) is 78.9 Å². The Bertz CT molecular complexity index is 954. The van der Waals surface area contributed by atoms with Crippen molar-refractivity contribution >= 4 is 11.7 Å². The largest absolute Gasteiger partial charge is 0.497 e. The maximum Gasteiger partial charge on any atom is 0.322 e. The molecule has 3 aromatic rings. The number of rotatable bonds is 5. The van der Waals surface area contributed by atoms with Crippen LogP contribution in [0.25, 0.3) is 0 Å². The van der Waals surface area contributed by atoms with E-state index in [2.05, 4.69) is 35.6 Å². The summed E-state index contributed by atoms with van der Waals surface area (Å²) in [7, 11) is 1.66. The summed E-state index contributed by atoms with van der Waals surface area (Å²) in [6, 6.07) is 26.4. The van der Waals surface area contributed by atoms with Gasteiger partial charge in [-0.2, -0.15) is 0 Å². The number of benzene rings is 3. The summed E-state index contributed by atoms with van der Waals surface area (Å²) in [6.45, 7) is 0.767. The smallest absolute Gasteiger partial charge is 0.322 e. The second-order valence-corrected chi connectivity index (χ2v) is 7.37. The molecule has 3 aromatic carbocycles. The lowest BCUT2D eigenvalue weighted by Crippen LogP contribution is -2.34.